The molecular formula is C9H12N4O3. The molecule has 0 unspecified atom stereocenters. The lowest BCUT2D eigenvalue weighted by atomic mass is 10.3. The molecule has 0 aliphatic rings. The van der Waals surface area contributed by atoms with Gasteiger partial charge in [0.25, 0.3) is 0 Å². The monoisotopic (exact) mass is 224 g/mol. The molecule has 0 aliphatic heterocycles. The molecule has 0 aliphatic carbocycles. The van der Waals surface area contributed by atoms with Gasteiger partial charge < -0.3 is 10.4 Å². The van der Waals surface area contributed by atoms with Crippen molar-refractivity contribution in [3.05, 3.63) is 24.3 Å². The number of hydrogen-bond donors (Lipinski definition) is 3. The van der Waals surface area contributed by atoms with E-state index in [0.717, 1.165) is 18.0 Å². The molecule has 1 heterocycles. The third-order valence-corrected chi connectivity index (χ3v) is 1.73. The zero-order chi connectivity index (χ0) is 11.8. The van der Waals surface area contributed by atoms with Gasteiger partial charge in [-0.3, -0.25) is 9.89 Å². The number of rotatable bonds is 6. The minimum absolute atomic E-state index is 0.417. The zero-order valence-electron chi connectivity index (χ0n) is 8.51. The lowest BCUT2D eigenvalue weighted by Crippen LogP contribution is -2.22. The van der Waals surface area contributed by atoms with Crippen LogP contribution in [0.3, 0.4) is 0 Å². The van der Waals surface area contributed by atoms with Crippen molar-refractivity contribution in [3.63, 3.8) is 0 Å². The van der Waals surface area contributed by atoms with E-state index in [-0.39, 0.29) is 0 Å². The van der Waals surface area contributed by atoms with Gasteiger partial charge in [0.15, 0.2) is 0 Å². The quantitative estimate of drug-likeness (QED) is 0.445. The minimum atomic E-state index is -1.14. The first kappa shape index (κ1) is 11.9. The van der Waals surface area contributed by atoms with Crippen LogP contribution in [0.15, 0.2) is 18.5 Å². The first-order chi connectivity index (χ1) is 7.68. The van der Waals surface area contributed by atoms with Crippen LogP contribution in [-0.4, -0.2) is 38.7 Å². The van der Waals surface area contributed by atoms with Crippen molar-refractivity contribution >= 4 is 11.9 Å². The Hall–Kier alpha value is -2.18. The van der Waals surface area contributed by atoms with E-state index in [1.807, 2.05) is 0 Å². The van der Waals surface area contributed by atoms with E-state index in [1.165, 1.54) is 6.33 Å². The highest BCUT2D eigenvalue weighted by atomic mass is 16.4. The Morgan fingerprint density at radius 3 is 2.94 bits per heavy atom. The highest BCUT2D eigenvalue weighted by Crippen LogP contribution is 1.91. The molecule has 86 valence electrons. The number of carboxylic acid groups (broad SMARTS) is 1. The molecular weight excluding hydrogens is 212 g/mol. The standard InChI is InChI=1S/C9H12N4O3/c14-8(3-4-9(15)16)10-5-1-2-7-11-6-12-13-7/h3-4,6H,1-2,5H2,(H,10,14)(H,15,16)(H,11,12,13). The maximum Gasteiger partial charge on any atom is 0.328 e. The lowest BCUT2D eigenvalue weighted by molar-refractivity contribution is -0.131. The van der Waals surface area contributed by atoms with Gasteiger partial charge in [-0.2, -0.15) is 5.10 Å². The van der Waals surface area contributed by atoms with Crippen LogP contribution in [0.2, 0.25) is 0 Å². The van der Waals surface area contributed by atoms with Gasteiger partial charge in [0.1, 0.15) is 12.2 Å². The molecule has 3 N–H and O–H groups in total. The van der Waals surface area contributed by atoms with Crippen LogP contribution in [0.4, 0.5) is 0 Å². The highest BCUT2D eigenvalue weighted by Gasteiger charge is 1.98. The maximum absolute atomic E-state index is 11.0. The van der Waals surface area contributed by atoms with E-state index in [0.29, 0.717) is 19.4 Å². The van der Waals surface area contributed by atoms with Crippen molar-refractivity contribution < 1.29 is 14.7 Å². The van der Waals surface area contributed by atoms with E-state index < -0.39 is 11.9 Å². The van der Waals surface area contributed by atoms with E-state index in [1.54, 1.807) is 0 Å². The molecule has 7 heteroatoms. The summed E-state index contributed by atoms with van der Waals surface area (Å²) < 4.78 is 0. The molecule has 0 spiro atoms. The Morgan fingerprint density at radius 2 is 2.31 bits per heavy atom. The van der Waals surface area contributed by atoms with E-state index in [4.69, 9.17) is 5.11 Å². The molecule has 0 fully saturated rings. The molecule has 0 saturated heterocycles. The second kappa shape index (κ2) is 6.33. The van der Waals surface area contributed by atoms with Crippen molar-refractivity contribution in [2.45, 2.75) is 12.8 Å². The molecule has 16 heavy (non-hydrogen) atoms. The molecule has 1 amide bonds. The number of carbonyl (C=O) groups is 2. The van der Waals surface area contributed by atoms with Gasteiger partial charge in [-0.25, -0.2) is 9.78 Å². The van der Waals surface area contributed by atoms with Crippen LogP contribution in [0.1, 0.15) is 12.2 Å². The number of aromatic nitrogens is 3. The number of aliphatic carboxylic acids is 1. The van der Waals surface area contributed by atoms with Crippen molar-refractivity contribution in [2.75, 3.05) is 6.54 Å². The van der Waals surface area contributed by atoms with Crippen LogP contribution in [0.25, 0.3) is 0 Å². The number of amides is 1. The van der Waals surface area contributed by atoms with E-state index in [2.05, 4.69) is 20.5 Å². The average Bonchev–Trinajstić information content (AvgIpc) is 2.74. The Labute approximate surface area is 91.6 Å². The molecule has 1 rings (SSSR count). The Kier molecular flexibility index (Phi) is 4.71. The fourth-order valence-electron chi connectivity index (χ4n) is 1.02. The Morgan fingerprint density at radius 1 is 1.50 bits per heavy atom. The fourth-order valence-corrected chi connectivity index (χ4v) is 1.02. The second-order valence-electron chi connectivity index (χ2n) is 3.00. The van der Waals surface area contributed by atoms with Crippen molar-refractivity contribution in [1.82, 2.24) is 20.5 Å². The minimum Gasteiger partial charge on any atom is -0.478 e. The molecule has 1 aromatic heterocycles. The van der Waals surface area contributed by atoms with Gasteiger partial charge in [-0.15, -0.1) is 0 Å². The topological polar surface area (TPSA) is 108 Å². The maximum atomic E-state index is 11.0. The van der Waals surface area contributed by atoms with Gasteiger partial charge in [-0.05, 0) is 6.42 Å². The summed E-state index contributed by atoms with van der Waals surface area (Å²) in [6.45, 7) is 0.462. The van der Waals surface area contributed by atoms with Crippen LogP contribution in [0, 0.1) is 0 Å². The van der Waals surface area contributed by atoms with Crippen LogP contribution in [-0.2, 0) is 16.0 Å². The summed E-state index contributed by atoms with van der Waals surface area (Å²) >= 11 is 0. The third kappa shape index (κ3) is 4.89. The van der Waals surface area contributed by atoms with Crippen LogP contribution in [0.5, 0.6) is 0 Å². The summed E-state index contributed by atoms with van der Waals surface area (Å²) in [5.74, 6) is -0.799. The molecule has 0 aromatic carbocycles. The second-order valence-corrected chi connectivity index (χ2v) is 3.00. The van der Waals surface area contributed by atoms with Gasteiger partial charge in [0.05, 0.1) is 0 Å². The highest BCUT2D eigenvalue weighted by molar-refractivity contribution is 5.93. The summed E-state index contributed by atoms with van der Waals surface area (Å²) in [6, 6.07) is 0. The fraction of sp³-hybridized carbons (Fsp3) is 0.333. The van der Waals surface area contributed by atoms with Crippen molar-refractivity contribution in [3.8, 4) is 0 Å². The Bertz CT molecular complexity index is 372. The largest absolute Gasteiger partial charge is 0.478 e. The molecule has 0 atom stereocenters. The smallest absolute Gasteiger partial charge is 0.328 e. The molecule has 0 saturated carbocycles. The predicted octanol–water partition coefficient (Wildman–Crippen LogP) is -0.506. The average molecular weight is 224 g/mol. The molecule has 7 nitrogen and oxygen atoms in total. The summed E-state index contributed by atoms with van der Waals surface area (Å²) in [5, 5.41) is 17.2. The van der Waals surface area contributed by atoms with Gasteiger partial charge >= 0.3 is 5.97 Å². The lowest BCUT2D eigenvalue weighted by Gasteiger charge is -1.99. The summed E-state index contributed by atoms with van der Waals surface area (Å²) in [5.41, 5.74) is 0. The van der Waals surface area contributed by atoms with Crippen molar-refractivity contribution in [2.24, 2.45) is 0 Å². The van der Waals surface area contributed by atoms with Crippen LogP contribution >= 0.6 is 0 Å². The summed E-state index contributed by atoms with van der Waals surface area (Å²) in [4.78, 5) is 25.0. The number of aryl methyl sites for hydroxylation is 1. The third-order valence-electron chi connectivity index (χ3n) is 1.73. The van der Waals surface area contributed by atoms with Gasteiger partial charge in [-0.1, -0.05) is 0 Å². The summed E-state index contributed by atoms with van der Waals surface area (Å²) in [7, 11) is 0. The zero-order valence-corrected chi connectivity index (χ0v) is 8.51. The van der Waals surface area contributed by atoms with Crippen LogP contribution < -0.4 is 5.32 Å². The number of carbonyl (C=O) groups excluding carboxylic acids is 1. The van der Waals surface area contributed by atoms with E-state index in [9.17, 15) is 9.59 Å². The van der Waals surface area contributed by atoms with E-state index >= 15 is 0 Å². The SMILES string of the molecule is O=C(O)C=CC(=O)NCCCc1ncn[nH]1. The first-order valence-electron chi connectivity index (χ1n) is 4.71. The molecule has 0 bridgehead atoms. The normalized spacial score (nSPS) is 10.5. The first-order valence-corrected chi connectivity index (χ1v) is 4.71. The molecule has 1 aromatic rings. The number of H-pyrrole nitrogens is 1. The number of nitrogens with one attached hydrogen (secondary N) is 2. The van der Waals surface area contributed by atoms with Gasteiger partial charge in [0, 0.05) is 25.1 Å². The van der Waals surface area contributed by atoms with Gasteiger partial charge in [0.2, 0.25) is 5.91 Å². The predicted molar refractivity (Wildman–Crippen MR) is 54.5 cm³/mol. The molecule has 0 radical (unpaired) electrons. The Balaban J connectivity index is 2.11. The number of nitrogens with zero attached hydrogens (tertiary/aromatic N) is 2. The number of aromatic amines is 1. The number of hydrogen-bond acceptors (Lipinski definition) is 4. The number of carboxylic acids is 1. The summed E-state index contributed by atoms with van der Waals surface area (Å²) in [6.07, 6.45) is 4.59. The van der Waals surface area contributed by atoms with Crippen molar-refractivity contribution in [1.29, 1.82) is 0 Å².